The Bertz CT molecular complexity index is 363. The van der Waals surface area contributed by atoms with Crippen molar-refractivity contribution in [2.75, 3.05) is 0 Å². The third-order valence-electron chi connectivity index (χ3n) is 1.39. The van der Waals surface area contributed by atoms with Gasteiger partial charge in [0.05, 0.1) is 0 Å². The third kappa shape index (κ3) is 2.99. The number of carbonyl (C=O) groups is 1. The van der Waals surface area contributed by atoms with Crippen LogP contribution in [-0.2, 0) is 4.79 Å². The van der Waals surface area contributed by atoms with E-state index in [-0.39, 0.29) is 5.82 Å². The average molecular weight is 244 g/mol. The lowest BCUT2D eigenvalue weighted by atomic mass is 10.2. The van der Waals surface area contributed by atoms with Gasteiger partial charge in [0.2, 0.25) is 5.91 Å². The second-order valence-corrected chi connectivity index (χ2v) is 3.32. The minimum Gasteiger partial charge on any atom is -0.366 e. The smallest absolute Gasteiger partial charge is 0.241 e. The first-order chi connectivity index (χ1) is 6.09. The van der Waals surface area contributed by atoms with Gasteiger partial charge in [0.25, 0.3) is 0 Å². The van der Waals surface area contributed by atoms with E-state index in [2.05, 4.69) is 15.9 Å². The fraction of sp³-hybridized carbons (Fsp3) is 0. The Morgan fingerprint density at radius 1 is 1.54 bits per heavy atom. The molecule has 0 bridgehead atoms. The topological polar surface area (TPSA) is 43.1 Å². The molecule has 68 valence electrons. The van der Waals surface area contributed by atoms with Gasteiger partial charge in [0.15, 0.2) is 0 Å². The van der Waals surface area contributed by atoms with Crippen molar-refractivity contribution in [3.05, 3.63) is 40.1 Å². The molecule has 1 aromatic rings. The number of rotatable bonds is 2. The molecule has 0 aromatic heterocycles. The number of hydrogen-bond acceptors (Lipinski definition) is 1. The molecule has 2 nitrogen and oxygen atoms in total. The number of benzene rings is 1. The van der Waals surface area contributed by atoms with Crippen LogP contribution < -0.4 is 5.73 Å². The largest absolute Gasteiger partial charge is 0.366 e. The van der Waals surface area contributed by atoms with Crippen LogP contribution in [0.25, 0.3) is 6.08 Å². The van der Waals surface area contributed by atoms with E-state index in [0.29, 0.717) is 5.56 Å². The predicted molar refractivity (Wildman–Crippen MR) is 52.3 cm³/mol. The summed E-state index contributed by atoms with van der Waals surface area (Å²) in [7, 11) is 0. The molecule has 4 heteroatoms. The van der Waals surface area contributed by atoms with Crippen LogP contribution in [0.5, 0.6) is 0 Å². The quantitative estimate of drug-likeness (QED) is 0.795. The monoisotopic (exact) mass is 243 g/mol. The molecule has 0 aliphatic carbocycles. The predicted octanol–water partition coefficient (Wildman–Crippen LogP) is 2.09. The zero-order valence-electron chi connectivity index (χ0n) is 6.63. The zero-order chi connectivity index (χ0) is 9.84. The van der Waals surface area contributed by atoms with Crippen molar-refractivity contribution >= 4 is 27.9 Å². The fourth-order valence-electron chi connectivity index (χ4n) is 0.814. The highest BCUT2D eigenvalue weighted by Gasteiger charge is 1.98. The van der Waals surface area contributed by atoms with Crippen molar-refractivity contribution in [2.45, 2.75) is 0 Å². The first kappa shape index (κ1) is 9.92. The van der Waals surface area contributed by atoms with E-state index in [1.54, 1.807) is 12.1 Å². The minimum absolute atomic E-state index is 0.327. The van der Waals surface area contributed by atoms with Crippen molar-refractivity contribution < 1.29 is 9.18 Å². The van der Waals surface area contributed by atoms with E-state index in [9.17, 15) is 9.18 Å². The molecule has 0 aliphatic rings. The molecule has 1 aromatic carbocycles. The van der Waals surface area contributed by atoms with Gasteiger partial charge in [-0.25, -0.2) is 4.39 Å². The number of hydrogen-bond donors (Lipinski definition) is 1. The highest BCUT2D eigenvalue weighted by molar-refractivity contribution is 9.10. The number of primary amides is 1. The molecule has 0 spiro atoms. The third-order valence-corrected chi connectivity index (χ3v) is 1.88. The lowest BCUT2D eigenvalue weighted by molar-refractivity contribution is -0.113. The van der Waals surface area contributed by atoms with E-state index in [0.717, 1.165) is 10.5 Å². The first-order valence-corrected chi connectivity index (χ1v) is 4.31. The molecule has 1 amide bonds. The summed E-state index contributed by atoms with van der Waals surface area (Å²) in [6, 6.07) is 4.45. The molecule has 0 radical (unpaired) electrons. The van der Waals surface area contributed by atoms with Gasteiger partial charge in [-0.1, -0.05) is 15.9 Å². The van der Waals surface area contributed by atoms with Gasteiger partial charge >= 0.3 is 0 Å². The second-order valence-electron chi connectivity index (χ2n) is 2.40. The molecule has 2 N–H and O–H groups in total. The highest BCUT2D eigenvalue weighted by Crippen LogP contribution is 2.16. The van der Waals surface area contributed by atoms with Crippen LogP contribution in [0.1, 0.15) is 5.56 Å². The number of nitrogens with two attached hydrogens (primary N) is 1. The first-order valence-electron chi connectivity index (χ1n) is 3.52. The fourth-order valence-corrected chi connectivity index (χ4v) is 1.19. The Labute approximate surface area is 83.4 Å². The van der Waals surface area contributed by atoms with E-state index in [1.807, 2.05) is 0 Å². The minimum atomic E-state index is -0.598. The van der Waals surface area contributed by atoms with Gasteiger partial charge in [0.1, 0.15) is 5.82 Å². The molecule has 13 heavy (non-hydrogen) atoms. The maximum absolute atomic E-state index is 13.0. The Morgan fingerprint density at radius 3 is 2.85 bits per heavy atom. The highest BCUT2D eigenvalue weighted by atomic mass is 79.9. The lowest BCUT2D eigenvalue weighted by Gasteiger charge is -1.96. The van der Waals surface area contributed by atoms with Crippen molar-refractivity contribution in [3.8, 4) is 0 Å². The van der Waals surface area contributed by atoms with E-state index in [4.69, 9.17) is 5.73 Å². The maximum Gasteiger partial charge on any atom is 0.241 e. The molecular weight excluding hydrogens is 237 g/mol. The van der Waals surface area contributed by atoms with Crippen molar-refractivity contribution in [3.63, 3.8) is 0 Å². The number of halogens is 2. The summed E-state index contributed by atoms with van der Waals surface area (Å²) in [6.45, 7) is 0. The van der Waals surface area contributed by atoms with Crippen LogP contribution in [0.3, 0.4) is 0 Å². The van der Waals surface area contributed by atoms with Gasteiger partial charge in [-0.15, -0.1) is 0 Å². The molecule has 0 unspecified atom stereocenters. The molecule has 0 aliphatic heterocycles. The van der Waals surface area contributed by atoms with Crippen molar-refractivity contribution in [2.24, 2.45) is 5.73 Å². The summed E-state index contributed by atoms with van der Waals surface area (Å²) in [5.74, 6) is -0.986. The Hall–Kier alpha value is -1.16. The number of amides is 1. The standard InChI is InChI=1S/C9H7BrFNO/c10-7-2-3-8(11)6(5-7)1-4-9(12)13/h1-5H,(H2,12,13)/b4-1+. The van der Waals surface area contributed by atoms with Gasteiger partial charge < -0.3 is 5.73 Å². The Kier molecular flexibility index (Phi) is 3.19. The molecule has 1 rings (SSSR count). The van der Waals surface area contributed by atoms with Crippen molar-refractivity contribution in [1.82, 2.24) is 0 Å². The second kappa shape index (κ2) is 4.18. The van der Waals surface area contributed by atoms with Gasteiger partial charge in [0, 0.05) is 16.1 Å². The van der Waals surface area contributed by atoms with Gasteiger partial charge in [-0.05, 0) is 24.3 Å². The molecule has 0 saturated heterocycles. The molecule has 0 atom stereocenters. The van der Waals surface area contributed by atoms with E-state index < -0.39 is 5.91 Å². The van der Waals surface area contributed by atoms with Crippen LogP contribution >= 0.6 is 15.9 Å². The zero-order valence-corrected chi connectivity index (χ0v) is 8.21. The molecule has 0 saturated carbocycles. The SMILES string of the molecule is NC(=O)/C=C/c1cc(Br)ccc1F. The normalized spacial score (nSPS) is 10.6. The Balaban J connectivity index is 3.00. The lowest BCUT2D eigenvalue weighted by Crippen LogP contribution is -2.05. The summed E-state index contributed by atoms with van der Waals surface area (Å²) in [6.07, 6.45) is 2.45. The number of carbonyl (C=O) groups excluding carboxylic acids is 1. The van der Waals surface area contributed by atoms with Crippen LogP contribution in [-0.4, -0.2) is 5.91 Å². The maximum atomic E-state index is 13.0. The summed E-state index contributed by atoms with van der Waals surface area (Å²) in [4.78, 5) is 10.4. The molecular formula is C9H7BrFNO. The summed E-state index contributed by atoms with van der Waals surface area (Å²) in [5, 5.41) is 0. The Morgan fingerprint density at radius 2 is 2.23 bits per heavy atom. The summed E-state index contributed by atoms with van der Waals surface area (Å²) in [5.41, 5.74) is 5.20. The van der Waals surface area contributed by atoms with Crippen LogP contribution in [0.2, 0.25) is 0 Å². The summed E-state index contributed by atoms with van der Waals surface area (Å²) >= 11 is 3.19. The van der Waals surface area contributed by atoms with E-state index in [1.165, 1.54) is 12.1 Å². The average Bonchev–Trinajstić information content (AvgIpc) is 2.06. The van der Waals surface area contributed by atoms with E-state index >= 15 is 0 Å². The van der Waals surface area contributed by atoms with Gasteiger partial charge in [-0.3, -0.25) is 4.79 Å². The van der Waals surface area contributed by atoms with Crippen LogP contribution in [0.15, 0.2) is 28.7 Å². The summed E-state index contributed by atoms with van der Waals surface area (Å²) < 4.78 is 13.7. The van der Waals surface area contributed by atoms with Crippen LogP contribution in [0.4, 0.5) is 4.39 Å². The molecule has 0 fully saturated rings. The van der Waals surface area contributed by atoms with Gasteiger partial charge in [-0.2, -0.15) is 0 Å². The van der Waals surface area contributed by atoms with Crippen LogP contribution in [0, 0.1) is 5.82 Å². The molecule has 0 heterocycles. The van der Waals surface area contributed by atoms with Crippen molar-refractivity contribution in [1.29, 1.82) is 0 Å².